The zero-order valence-corrected chi connectivity index (χ0v) is 9.50. The van der Waals surface area contributed by atoms with Crippen molar-refractivity contribution < 1.29 is 4.39 Å². The number of halogens is 2. The Morgan fingerprint density at radius 2 is 2.25 bits per heavy atom. The van der Waals surface area contributed by atoms with Crippen LogP contribution in [0.1, 0.15) is 11.1 Å². The number of nitrogens with two attached hydrogens (primary N) is 1. The molecule has 0 aliphatic carbocycles. The maximum Gasteiger partial charge on any atom is 0.140 e. The van der Waals surface area contributed by atoms with Gasteiger partial charge in [-0.1, -0.05) is 23.7 Å². The predicted octanol–water partition coefficient (Wildman–Crippen LogP) is 2.61. The molecule has 0 saturated heterocycles. The Morgan fingerprint density at radius 3 is 2.81 bits per heavy atom. The summed E-state index contributed by atoms with van der Waals surface area (Å²) in [6.45, 7) is 2.21. The van der Waals surface area contributed by atoms with Crippen LogP contribution in [0.5, 0.6) is 0 Å². The van der Waals surface area contributed by atoms with Crippen LogP contribution in [0.4, 0.5) is 10.2 Å². The summed E-state index contributed by atoms with van der Waals surface area (Å²) in [6, 6.07) is 4.91. The number of anilines is 1. The first-order chi connectivity index (χ1) is 7.58. The highest BCUT2D eigenvalue weighted by Gasteiger charge is 2.06. The maximum absolute atomic E-state index is 13.1. The number of aryl methyl sites for hydroxylation is 1. The molecule has 0 bridgehead atoms. The smallest absolute Gasteiger partial charge is 0.140 e. The number of nitrogens with zero attached hydrogens (tertiary/aromatic N) is 2. The fourth-order valence-corrected chi connectivity index (χ4v) is 1.62. The molecule has 0 radical (unpaired) electrons. The molecule has 2 aromatic rings. The fourth-order valence-electron chi connectivity index (χ4n) is 1.48. The Hall–Kier alpha value is -1.55. The van der Waals surface area contributed by atoms with Crippen LogP contribution in [0.3, 0.4) is 0 Å². The lowest BCUT2D eigenvalue weighted by molar-refractivity contribution is 0.615. The minimum atomic E-state index is -0.213. The van der Waals surface area contributed by atoms with E-state index in [0.29, 0.717) is 22.9 Å². The standard InChI is InChI=1S/C11H11ClFN3/c1-7-4-8(2-3-10(7)13)6-16-11(14)9(12)5-15-16/h2-5H,6,14H2,1H3. The molecule has 5 heteroatoms. The summed E-state index contributed by atoms with van der Waals surface area (Å²) >= 11 is 5.78. The normalized spacial score (nSPS) is 10.7. The molecule has 2 rings (SSSR count). The summed E-state index contributed by atoms with van der Waals surface area (Å²) in [5.41, 5.74) is 7.25. The molecule has 84 valence electrons. The summed E-state index contributed by atoms with van der Waals surface area (Å²) in [5.74, 6) is 0.207. The minimum absolute atomic E-state index is 0.213. The molecule has 0 aliphatic heterocycles. The summed E-state index contributed by atoms with van der Waals surface area (Å²) in [6.07, 6.45) is 1.49. The van der Waals surface area contributed by atoms with Crippen molar-refractivity contribution in [2.75, 3.05) is 5.73 Å². The fraction of sp³-hybridized carbons (Fsp3) is 0.182. The van der Waals surface area contributed by atoms with Crippen LogP contribution < -0.4 is 5.73 Å². The van der Waals surface area contributed by atoms with Gasteiger partial charge in [0.25, 0.3) is 0 Å². The number of aromatic nitrogens is 2. The number of rotatable bonds is 2. The summed E-state index contributed by atoms with van der Waals surface area (Å²) in [4.78, 5) is 0. The van der Waals surface area contributed by atoms with Crippen LogP contribution in [0.2, 0.25) is 5.02 Å². The van der Waals surface area contributed by atoms with E-state index < -0.39 is 0 Å². The molecule has 16 heavy (non-hydrogen) atoms. The first-order valence-electron chi connectivity index (χ1n) is 4.79. The largest absolute Gasteiger partial charge is 0.383 e. The van der Waals surface area contributed by atoms with Gasteiger partial charge in [-0.25, -0.2) is 9.07 Å². The van der Waals surface area contributed by atoms with E-state index >= 15 is 0 Å². The van der Waals surface area contributed by atoms with Crippen LogP contribution in [-0.2, 0) is 6.54 Å². The SMILES string of the molecule is Cc1cc(Cn2ncc(Cl)c2N)ccc1F. The molecule has 0 spiro atoms. The van der Waals surface area contributed by atoms with Gasteiger partial charge in [0.2, 0.25) is 0 Å². The van der Waals surface area contributed by atoms with Gasteiger partial charge >= 0.3 is 0 Å². The highest BCUT2D eigenvalue weighted by Crippen LogP contribution is 2.18. The van der Waals surface area contributed by atoms with Crippen molar-refractivity contribution in [3.05, 3.63) is 46.4 Å². The molecule has 0 unspecified atom stereocenters. The van der Waals surface area contributed by atoms with Gasteiger partial charge < -0.3 is 5.73 Å². The Balaban J connectivity index is 2.27. The van der Waals surface area contributed by atoms with Gasteiger partial charge in [-0.3, -0.25) is 0 Å². The van der Waals surface area contributed by atoms with E-state index in [9.17, 15) is 4.39 Å². The molecule has 0 atom stereocenters. The molecule has 0 amide bonds. The van der Waals surface area contributed by atoms with Crippen LogP contribution >= 0.6 is 11.6 Å². The summed E-state index contributed by atoms with van der Waals surface area (Å²) in [7, 11) is 0. The lowest BCUT2D eigenvalue weighted by atomic mass is 10.1. The molecule has 1 aromatic carbocycles. The third-order valence-electron chi connectivity index (χ3n) is 2.39. The average molecular weight is 240 g/mol. The van der Waals surface area contributed by atoms with Gasteiger partial charge in [0.05, 0.1) is 12.7 Å². The van der Waals surface area contributed by atoms with E-state index in [1.54, 1.807) is 23.7 Å². The summed E-state index contributed by atoms with van der Waals surface area (Å²) < 4.78 is 14.6. The maximum atomic E-state index is 13.1. The molecule has 1 heterocycles. The van der Waals surface area contributed by atoms with Crippen molar-refractivity contribution in [3.8, 4) is 0 Å². The van der Waals surface area contributed by atoms with E-state index in [-0.39, 0.29) is 5.82 Å². The second-order valence-corrected chi connectivity index (χ2v) is 4.03. The molecule has 3 nitrogen and oxygen atoms in total. The third-order valence-corrected chi connectivity index (χ3v) is 2.68. The molecule has 0 saturated carbocycles. The second-order valence-electron chi connectivity index (χ2n) is 3.62. The highest BCUT2D eigenvalue weighted by atomic mass is 35.5. The van der Waals surface area contributed by atoms with Gasteiger partial charge in [0.15, 0.2) is 0 Å². The first-order valence-corrected chi connectivity index (χ1v) is 5.17. The lowest BCUT2D eigenvalue weighted by Crippen LogP contribution is -2.06. The van der Waals surface area contributed by atoms with Gasteiger partial charge in [0.1, 0.15) is 16.7 Å². The van der Waals surface area contributed by atoms with Crippen molar-refractivity contribution in [1.82, 2.24) is 9.78 Å². The number of nitrogen functional groups attached to an aromatic ring is 1. The number of hydrogen-bond acceptors (Lipinski definition) is 2. The average Bonchev–Trinajstić information content (AvgIpc) is 2.55. The molecule has 2 N–H and O–H groups in total. The Morgan fingerprint density at radius 1 is 1.50 bits per heavy atom. The Labute approximate surface area is 97.6 Å². The van der Waals surface area contributed by atoms with Gasteiger partial charge in [-0.05, 0) is 24.1 Å². The quantitative estimate of drug-likeness (QED) is 0.876. The van der Waals surface area contributed by atoms with Crippen molar-refractivity contribution >= 4 is 17.4 Å². The van der Waals surface area contributed by atoms with E-state index in [0.717, 1.165) is 5.56 Å². The van der Waals surface area contributed by atoms with E-state index in [4.69, 9.17) is 17.3 Å². The predicted molar refractivity (Wildman–Crippen MR) is 61.9 cm³/mol. The highest BCUT2D eigenvalue weighted by molar-refractivity contribution is 6.32. The lowest BCUT2D eigenvalue weighted by Gasteiger charge is -2.05. The topological polar surface area (TPSA) is 43.8 Å². The van der Waals surface area contributed by atoms with Gasteiger partial charge in [-0.15, -0.1) is 0 Å². The van der Waals surface area contributed by atoms with E-state index in [1.165, 1.54) is 12.3 Å². The zero-order chi connectivity index (χ0) is 11.7. The van der Waals surface area contributed by atoms with Crippen LogP contribution in [0.15, 0.2) is 24.4 Å². The Bertz CT molecular complexity index is 522. The number of benzene rings is 1. The van der Waals surface area contributed by atoms with E-state index in [1.807, 2.05) is 0 Å². The van der Waals surface area contributed by atoms with Crippen LogP contribution in [-0.4, -0.2) is 9.78 Å². The monoisotopic (exact) mass is 239 g/mol. The third kappa shape index (κ3) is 2.02. The minimum Gasteiger partial charge on any atom is -0.383 e. The van der Waals surface area contributed by atoms with Crippen LogP contribution in [0.25, 0.3) is 0 Å². The summed E-state index contributed by atoms with van der Waals surface area (Å²) in [5, 5.41) is 4.46. The van der Waals surface area contributed by atoms with Gasteiger partial charge in [-0.2, -0.15) is 5.10 Å². The first kappa shape index (κ1) is 11.0. The van der Waals surface area contributed by atoms with Crippen LogP contribution in [0, 0.1) is 12.7 Å². The molecular formula is C11H11ClFN3. The van der Waals surface area contributed by atoms with Crippen molar-refractivity contribution in [3.63, 3.8) is 0 Å². The van der Waals surface area contributed by atoms with Crippen molar-refractivity contribution in [2.45, 2.75) is 13.5 Å². The second kappa shape index (κ2) is 4.14. The number of hydrogen-bond donors (Lipinski definition) is 1. The zero-order valence-electron chi connectivity index (χ0n) is 8.74. The Kier molecular flexibility index (Phi) is 2.83. The van der Waals surface area contributed by atoms with Crippen molar-refractivity contribution in [2.24, 2.45) is 0 Å². The molecule has 0 fully saturated rings. The van der Waals surface area contributed by atoms with Gasteiger partial charge in [0, 0.05) is 0 Å². The van der Waals surface area contributed by atoms with Crippen molar-refractivity contribution in [1.29, 1.82) is 0 Å². The molecule has 0 aliphatic rings. The molecular weight excluding hydrogens is 229 g/mol. The molecule has 1 aromatic heterocycles. The van der Waals surface area contributed by atoms with E-state index in [2.05, 4.69) is 5.10 Å².